The van der Waals surface area contributed by atoms with Crippen LogP contribution in [0.15, 0.2) is 35.3 Å². The van der Waals surface area contributed by atoms with Gasteiger partial charge in [0.05, 0.1) is 21.6 Å². The van der Waals surface area contributed by atoms with Crippen molar-refractivity contribution in [3.8, 4) is 0 Å². The second-order valence-electron chi connectivity index (χ2n) is 8.91. The van der Waals surface area contributed by atoms with Crippen LogP contribution in [-0.2, 0) is 33.7 Å². The fraction of sp³-hybridized carbons (Fsp3) is 0.458. The third kappa shape index (κ3) is 6.10. The van der Waals surface area contributed by atoms with Gasteiger partial charge in [-0.3, -0.25) is 19.2 Å². The first-order valence-corrected chi connectivity index (χ1v) is 14.6. The number of esters is 1. The van der Waals surface area contributed by atoms with Gasteiger partial charge in [0.2, 0.25) is 11.0 Å². The molecule has 2 N–H and O–H groups in total. The molecule has 36 heavy (non-hydrogen) atoms. The van der Waals surface area contributed by atoms with Crippen LogP contribution >= 0.6 is 22.1 Å². The molecular weight excluding hydrogens is 524 g/mol. The Balaban J connectivity index is 2.03. The number of hydrogen-bond donors (Lipinski definition) is 2. The molecule has 0 aliphatic carbocycles. The number of aliphatic hydroxyl groups is 1. The zero-order valence-electron chi connectivity index (χ0n) is 20.3. The molecule has 1 spiro atoms. The lowest BCUT2D eigenvalue weighted by atomic mass is 9.81. The van der Waals surface area contributed by atoms with Gasteiger partial charge in [-0.05, 0) is 51.8 Å². The van der Waals surface area contributed by atoms with Crippen molar-refractivity contribution in [3.63, 3.8) is 0 Å². The van der Waals surface area contributed by atoms with Gasteiger partial charge in [0.15, 0.2) is 11.9 Å². The molecule has 3 heterocycles. The van der Waals surface area contributed by atoms with Crippen molar-refractivity contribution in [1.82, 2.24) is 10.3 Å². The highest BCUT2D eigenvalue weighted by Crippen LogP contribution is 2.50. The summed E-state index contributed by atoms with van der Waals surface area (Å²) in [6.45, 7) is 5.94. The summed E-state index contributed by atoms with van der Waals surface area (Å²) in [6.07, 6.45) is 6.32. The Morgan fingerprint density at radius 1 is 1.28 bits per heavy atom. The number of carbonyl (C=O) groups is 4. The third-order valence-corrected chi connectivity index (χ3v) is 11.1. The van der Waals surface area contributed by atoms with Crippen LogP contribution < -0.4 is 5.32 Å². The third-order valence-electron chi connectivity index (χ3n) is 6.06. The Kier molecular flexibility index (Phi) is 8.86. The molecule has 194 valence electrons. The fourth-order valence-electron chi connectivity index (χ4n) is 3.91. The molecule has 1 unspecified atom stereocenters. The average Bonchev–Trinajstić information content (AvgIpc) is 3.32. The van der Waals surface area contributed by atoms with E-state index in [1.165, 1.54) is 43.4 Å². The number of fused-ring (bicyclic) bond motifs is 2. The minimum atomic E-state index is -2.02. The second kappa shape index (κ2) is 11.3. The number of aromatic nitrogens is 1. The first-order valence-electron chi connectivity index (χ1n) is 11.2. The number of carbonyl (C=O) groups excluding carboxylic acids is 4. The van der Waals surface area contributed by atoms with E-state index in [-0.39, 0.29) is 19.3 Å². The normalized spacial score (nSPS) is 35.3. The molecule has 2 aliphatic heterocycles. The van der Waals surface area contributed by atoms with Crippen molar-refractivity contribution in [3.05, 3.63) is 46.0 Å². The van der Waals surface area contributed by atoms with Gasteiger partial charge < -0.3 is 15.2 Å². The molecule has 0 aromatic carbocycles. The van der Waals surface area contributed by atoms with E-state index >= 15 is 0 Å². The van der Waals surface area contributed by atoms with Crippen molar-refractivity contribution in [2.45, 2.75) is 69.5 Å². The topological polar surface area (TPSA) is 140 Å². The van der Waals surface area contributed by atoms with Crippen LogP contribution in [0.1, 0.15) is 63.7 Å². The predicted octanol–water partition coefficient (Wildman–Crippen LogP) is 2.95. The van der Waals surface area contributed by atoms with Crippen LogP contribution in [0.2, 0.25) is 0 Å². The summed E-state index contributed by atoms with van der Waals surface area (Å²) in [5.41, 5.74) is -0.782. The van der Waals surface area contributed by atoms with Crippen molar-refractivity contribution in [2.24, 2.45) is 0 Å². The summed E-state index contributed by atoms with van der Waals surface area (Å²) < 4.78 is 16.8. The minimum absolute atomic E-state index is 0.0243. The number of thiazole rings is 1. The summed E-state index contributed by atoms with van der Waals surface area (Å²) in [5, 5.41) is 15.7. The van der Waals surface area contributed by atoms with Crippen LogP contribution in [0, 0.1) is 0 Å². The molecule has 1 aromatic rings. The minimum Gasteiger partial charge on any atom is -0.450 e. The van der Waals surface area contributed by atoms with E-state index in [9.17, 15) is 28.5 Å². The summed E-state index contributed by atoms with van der Waals surface area (Å²) >= 11 is 1.34. The lowest BCUT2D eigenvalue weighted by Gasteiger charge is -2.36. The van der Waals surface area contributed by atoms with E-state index in [2.05, 4.69) is 10.3 Å². The lowest BCUT2D eigenvalue weighted by molar-refractivity contribution is -0.148. The van der Waals surface area contributed by atoms with Crippen LogP contribution in [-0.4, -0.2) is 53.5 Å². The van der Waals surface area contributed by atoms with Crippen molar-refractivity contribution >= 4 is 60.8 Å². The summed E-state index contributed by atoms with van der Waals surface area (Å²) in [4.78, 5) is 54.3. The van der Waals surface area contributed by atoms with Gasteiger partial charge in [-0.1, -0.05) is 17.7 Å². The average molecular weight is 553 g/mol. The summed E-state index contributed by atoms with van der Waals surface area (Å²) in [7, 11) is -1.37. The van der Waals surface area contributed by atoms with Crippen LogP contribution in [0.5, 0.6) is 0 Å². The monoisotopic (exact) mass is 552 g/mol. The highest BCUT2D eigenvalue weighted by Gasteiger charge is 2.63. The van der Waals surface area contributed by atoms with Gasteiger partial charge in [-0.25, -0.2) is 9.19 Å². The first-order chi connectivity index (χ1) is 16.9. The van der Waals surface area contributed by atoms with E-state index in [4.69, 9.17) is 4.74 Å². The van der Waals surface area contributed by atoms with E-state index in [1.807, 2.05) is 0 Å². The Morgan fingerprint density at radius 2 is 1.97 bits per heavy atom. The number of rotatable bonds is 1. The second-order valence-corrected chi connectivity index (χ2v) is 13.0. The maximum atomic E-state index is 13.1. The highest BCUT2D eigenvalue weighted by molar-refractivity contribution is 8.76. The standard InChI is InChI=1S/C24H28N2O7S3/c1-14-9-10-24(23(4,31)22(30)35-36(24)32)12-20(29)25-15(2)21-26-17(13-34-21)7-5-6-8-18(28)19(11-14)33-16(3)27/h5-8,11,13,15,19,31H,9-10,12H2,1-4H3,(H,25,29)/b7-5-,8-6+,14-11+/t15-,19-,23+,24-,36?/m1/s1. The fourth-order valence-corrected chi connectivity index (χ4v) is 8.65. The van der Waals surface area contributed by atoms with E-state index in [0.29, 0.717) is 27.1 Å². The molecule has 2 aliphatic rings. The number of ether oxygens (including phenoxy) is 1. The summed E-state index contributed by atoms with van der Waals surface area (Å²) in [6, 6.07) is -0.452. The van der Waals surface area contributed by atoms with Crippen LogP contribution in [0.3, 0.4) is 0 Å². The Bertz CT molecular complexity index is 1180. The van der Waals surface area contributed by atoms with Crippen molar-refractivity contribution in [2.75, 3.05) is 0 Å². The number of allylic oxidation sites excluding steroid dienone is 3. The number of nitrogens with zero attached hydrogens (tertiary/aromatic N) is 1. The molecule has 1 fully saturated rings. The Labute approximate surface area is 219 Å². The maximum Gasteiger partial charge on any atom is 0.303 e. The summed E-state index contributed by atoms with van der Waals surface area (Å²) in [5.74, 6) is -1.57. The Hall–Kier alpha value is -2.41. The number of hydrogen-bond acceptors (Lipinski definition) is 10. The molecular formula is C24H28N2O7S3. The molecule has 9 nitrogen and oxygen atoms in total. The van der Waals surface area contributed by atoms with Crippen LogP contribution in [0.25, 0.3) is 6.08 Å². The molecule has 3 rings (SSSR count). The van der Waals surface area contributed by atoms with Crippen molar-refractivity contribution in [1.29, 1.82) is 0 Å². The van der Waals surface area contributed by atoms with Gasteiger partial charge in [-0.2, -0.15) is 0 Å². The first kappa shape index (κ1) is 28.2. The Morgan fingerprint density at radius 3 is 2.61 bits per heavy atom. The SMILES string of the molecule is CC(=O)O[C@@H]1/C=C(\C)CC[C@]2(CC(=O)N[C@H](C)c3nc(cs3)/C=C\C=C\C1=O)S(=O)SC(=O)[C@]2(C)O. The largest absolute Gasteiger partial charge is 0.450 e. The molecule has 1 amide bonds. The van der Waals surface area contributed by atoms with E-state index < -0.39 is 55.1 Å². The number of amides is 1. The van der Waals surface area contributed by atoms with E-state index in [1.54, 1.807) is 31.4 Å². The van der Waals surface area contributed by atoms with Gasteiger partial charge in [0, 0.05) is 29.5 Å². The van der Waals surface area contributed by atoms with Crippen molar-refractivity contribution < 1.29 is 33.2 Å². The number of ketones is 1. The maximum absolute atomic E-state index is 13.1. The molecule has 0 radical (unpaired) electrons. The zero-order chi connectivity index (χ0) is 26.7. The molecule has 1 aromatic heterocycles. The lowest BCUT2D eigenvalue weighted by Crippen LogP contribution is -2.55. The number of nitrogens with one attached hydrogen (secondary N) is 1. The zero-order valence-corrected chi connectivity index (χ0v) is 22.8. The molecule has 12 heteroatoms. The molecule has 1 saturated heterocycles. The molecule has 5 atom stereocenters. The van der Waals surface area contributed by atoms with Gasteiger partial charge in [0.1, 0.15) is 15.4 Å². The molecule has 2 bridgehead atoms. The van der Waals surface area contributed by atoms with Gasteiger partial charge >= 0.3 is 5.97 Å². The highest BCUT2D eigenvalue weighted by atomic mass is 33.1. The molecule has 0 saturated carbocycles. The van der Waals surface area contributed by atoms with Gasteiger partial charge in [0.25, 0.3) is 0 Å². The smallest absolute Gasteiger partial charge is 0.303 e. The quantitative estimate of drug-likeness (QED) is 0.306. The van der Waals surface area contributed by atoms with Gasteiger partial charge in [-0.15, -0.1) is 11.3 Å². The van der Waals surface area contributed by atoms with E-state index in [0.717, 1.165) is 0 Å². The van der Waals surface area contributed by atoms with Crippen LogP contribution in [0.4, 0.5) is 0 Å². The predicted molar refractivity (Wildman–Crippen MR) is 139 cm³/mol.